The van der Waals surface area contributed by atoms with Gasteiger partial charge in [-0.15, -0.1) is 0 Å². The van der Waals surface area contributed by atoms with Gasteiger partial charge in [0.05, 0.1) is 17.0 Å². The van der Waals surface area contributed by atoms with Gasteiger partial charge >= 0.3 is 6.18 Å². The molecule has 0 aliphatic carbocycles. The molecule has 0 radical (unpaired) electrons. The Morgan fingerprint density at radius 1 is 1.16 bits per heavy atom. The molecule has 1 atom stereocenters. The number of guanidine groups is 1. The number of halogens is 3. The van der Waals surface area contributed by atoms with Gasteiger partial charge in [0.2, 0.25) is 0 Å². The number of ether oxygens (including phenoxy) is 1. The molecule has 2 aromatic carbocycles. The SMILES string of the molecule is CCNC(=NCc1ccc(C(F)(F)F)cc1)NCC(O)COc1ccc([N+](=O)[O-])cc1. The predicted molar refractivity (Wildman–Crippen MR) is 109 cm³/mol. The zero-order valence-corrected chi connectivity index (χ0v) is 16.7. The van der Waals surface area contributed by atoms with E-state index in [4.69, 9.17) is 4.74 Å². The first-order valence-corrected chi connectivity index (χ1v) is 9.42. The summed E-state index contributed by atoms with van der Waals surface area (Å²) in [6.07, 6.45) is -5.28. The Hall–Kier alpha value is -3.34. The second-order valence-electron chi connectivity index (χ2n) is 6.49. The van der Waals surface area contributed by atoms with Crippen molar-refractivity contribution in [1.29, 1.82) is 0 Å². The van der Waals surface area contributed by atoms with E-state index in [1.54, 1.807) is 0 Å². The van der Waals surface area contributed by atoms with Crippen molar-refractivity contribution in [3.63, 3.8) is 0 Å². The Bertz CT molecular complexity index is 871. The van der Waals surface area contributed by atoms with Crippen molar-refractivity contribution in [1.82, 2.24) is 10.6 Å². The van der Waals surface area contributed by atoms with Crippen LogP contribution in [0, 0.1) is 10.1 Å². The molecule has 2 rings (SSSR count). The molecule has 1 unspecified atom stereocenters. The summed E-state index contributed by atoms with van der Waals surface area (Å²) in [7, 11) is 0. The molecule has 8 nitrogen and oxygen atoms in total. The van der Waals surface area contributed by atoms with Gasteiger partial charge in [0.25, 0.3) is 5.69 Å². The number of nitro groups is 1. The van der Waals surface area contributed by atoms with Gasteiger partial charge in [0, 0.05) is 25.2 Å². The Morgan fingerprint density at radius 3 is 2.35 bits per heavy atom. The Balaban J connectivity index is 1.84. The van der Waals surface area contributed by atoms with Gasteiger partial charge < -0.3 is 20.5 Å². The third kappa shape index (κ3) is 8.13. The summed E-state index contributed by atoms with van der Waals surface area (Å²) < 4.78 is 43.3. The van der Waals surface area contributed by atoms with Crippen LogP contribution >= 0.6 is 0 Å². The van der Waals surface area contributed by atoms with Gasteiger partial charge in [-0.3, -0.25) is 10.1 Å². The highest BCUT2D eigenvalue weighted by molar-refractivity contribution is 5.79. The van der Waals surface area contributed by atoms with Crippen LogP contribution in [0.25, 0.3) is 0 Å². The molecule has 11 heteroatoms. The van der Waals surface area contributed by atoms with Crippen LogP contribution in [0.2, 0.25) is 0 Å². The smallest absolute Gasteiger partial charge is 0.416 e. The van der Waals surface area contributed by atoms with Crippen molar-refractivity contribution < 1.29 is 27.9 Å². The average Bonchev–Trinajstić information content (AvgIpc) is 2.74. The van der Waals surface area contributed by atoms with E-state index in [9.17, 15) is 28.4 Å². The van der Waals surface area contributed by atoms with Crippen molar-refractivity contribution >= 4 is 11.6 Å². The molecule has 0 aromatic heterocycles. The lowest BCUT2D eigenvalue weighted by Gasteiger charge is -2.16. The first-order valence-electron chi connectivity index (χ1n) is 9.42. The van der Waals surface area contributed by atoms with Gasteiger partial charge in [-0.1, -0.05) is 12.1 Å². The average molecular weight is 440 g/mol. The molecule has 168 valence electrons. The number of alkyl halides is 3. The number of hydrogen-bond acceptors (Lipinski definition) is 5. The minimum atomic E-state index is -4.38. The lowest BCUT2D eigenvalue weighted by Crippen LogP contribution is -2.42. The number of nitrogens with one attached hydrogen (secondary N) is 2. The highest BCUT2D eigenvalue weighted by Crippen LogP contribution is 2.29. The Labute approximate surface area is 176 Å². The maximum atomic E-state index is 12.6. The molecule has 0 spiro atoms. The second kappa shape index (κ2) is 11.2. The molecular formula is C20H23F3N4O4. The van der Waals surface area contributed by atoms with Crippen LogP contribution in [0.1, 0.15) is 18.1 Å². The number of rotatable bonds is 9. The van der Waals surface area contributed by atoms with E-state index in [1.807, 2.05) is 6.92 Å². The van der Waals surface area contributed by atoms with Crippen LogP contribution in [0.3, 0.4) is 0 Å². The zero-order chi connectivity index (χ0) is 22.9. The first kappa shape index (κ1) is 23.9. The molecule has 0 saturated carbocycles. The summed E-state index contributed by atoms with van der Waals surface area (Å²) in [5.74, 6) is 0.768. The van der Waals surface area contributed by atoms with Crippen LogP contribution in [0.5, 0.6) is 5.75 Å². The van der Waals surface area contributed by atoms with Crippen LogP contribution in [-0.4, -0.2) is 41.8 Å². The molecule has 3 N–H and O–H groups in total. The van der Waals surface area contributed by atoms with E-state index >= 15 is 0 Å². The molecule has 2 aromatic rings. The first-order chi connectivity index (χ1) is 14.7. The summed E-state index contributed by atoms with van der Waals surface area (Å²) in [6, 6.07) is 10.2. The van der Waals surface area contributed by atoms with Crippen molar-refractivity contribution in [2.24, 2.45) is 4.99 Å². The van der Waals surface area contributed by atoms with Crippen molar-refractivity contribution in [2.75, 3.05) is 19.7 Å². The topological polar surface area (TPSA) is 109 Å². The molecule has 0 amide bonds. The largest absolute Gasteiger partial charge is 0.491 e. The quantitative estimate of drug-likeness (QED) is 0.239. The monoisotopic (exact) mass is 440 g/mol. The van der Waals surface area contributed by atoms with E-state index in [1.165, 1.54) is 36.4 Å². The highest BCUT2D eigenvalue weighted by Gasteiger charge is 2.29. The van der Waals surface area contributed by atoms with Crippen molar-refractivity contribution in [3.05, 3.63) is 69.8 Å². The molecule has 31 heavy (non-hydrogen) atoms. The third-order valence-corrected chi connectivity index (χ3v) is 4.04. The van der Waals surface area contributed by atoms with E-state index < -0.39 is 22.8 Å². The van der Waals surface area contributed by atoms with E-state index in [2.05, 4.69) is 15.6 Å². The van der Waals surface area contributed by atoms with Crippen LogP contribution < -0.4 is 15.4 Å². The van der Waals surface area contributed by atoms with Crippen LogP contribution in [0.15, 0.2) is 53.5 Å². The van der Waals surface area contributed by atoms with Gasteiger partial charge in [0.15, 0.2) is 5.96 Å². The fourth-order valence-electron chi connectivity index (χ4n) is 2.44. The summed E-state index contributed by atoms with van der Waals surface area (Å²) in [4.78, 5) is 14.4. The zero-order valence-electron chi connectivity index (χ0n) is 16.7. The molecule has 0 aliphatic rings. The maximum Gasteiger partial charge on any atom is 0.416 e. The van der Waals surface area contributed by atoms with Gasteiger partial charge in [0.1, 0.15) is 18.5 Å². The number of non-ortho nitro benzene ring substituents is 1. The van der Waals surface area contributed by atoms with Crippen molar-refractivity contribution in [3.8, 4) is 5.75 Å². The number of nitro benzene ring substituents is 1. The molecule has 0 fully saturated rings. The normalized spacial score (nSPS) is 12.9. The number of aliphatic imine (C=N–C) groups is 1. The fourth-order valence-corrected chi connectivity index (χ4v) is 2.44. The second-order valence-corrected chi connectivity index (χ2v) is 6.49. The molecule has 0 aliphatic heterocycles. The third-order valence-electron chi connectivity index (χ3n) is 4.04. The van der Waals surface area contributed by atoms with Gasteiger partial charge in [-0.05, 0) is 36.8 Å². The molecule has 0 heterocycles. The summed E-state index contributed by atoms with van der Waals surface area (Å²) in [5.41, 5.74) is -0.178. The summed E-state index contributed by atoms with van der Waals surface area (Å²) in [6.45, 7) is 2.61. The lowest BCUT2D eigenvalue weighted by molar-refractivity contribution is -0.384. The number of hydrogen-bond donors (Lipinski definition) is 3. The maximum absolute atomic E-state index is 12.6. The fraction of sp³-hybridized carbons (Fsp3) is 0.350. The molecule has 0 bridgehead atoms. The van der Waals surface area contributed by atoms with Crippen molar-refractivity contribution in [2.45, 2.75) is 25.7 Å². The summed E-state index contributed by atoms with van der Waals surface area (Å²) >= 11 is 0. The minimum absolute atomic E-state index is 0.0525. The van der Waals surface area contributed by atoms with Crippen LogP contribution in [-0.2, 0) is 12.7 Å². The van der Waals surface area contributed by atoms with Crippen LogP contribution in [0.4, 0.5) is 18.9 Å². The summed E-state index contributed by atoms with van der Waals surface area (Å²) in [5, 5.41) is 26.6. The van der Waals surface area contributed by atoms with E-state index in [-0.39, 0.29) is 25.4 Å². The van der Waals surface area contributed by atoms with Gasteiger partial charge in [-0.2, -0.15) is 13.2 Å². The predicted octanol–water partition coefficient (Wildman–Crippen LogP) is 3.11. The highest BCUT2D eigenvalue weighted by atomic mass is 19.4. The standard InChI is InChI=1S/C20H23F3N4O4/c1-2-24-19(25-11-14-3-5-15(6-4-14)20(21,22)23)26-12-17(28)13-31-18-9-7-16(8-10-18)27(29)30/h3-10,17,28H,2,11-13H2,1H3,(H2,24,25,26). The van der Waals surface area contributed by atoms with Gasteiger partial charge in [-0.25, -0.2) is 4.99 Å². The molecular weight excluding hydrogens is 417 g/mol. The number of benzene rings is 2. The number of aliphatic hydroxyl groups excluding tert-OH is 1. The lowest BCUT2D eigenvalue weighted by atomic mass is 10.1. The number of nitrogens with zero attached hydrogens (tertiary/aromatic N) is 2. The van der Waals surface area contributed by atoms with E-state index in [0.29, 0.717) is 23.8 Å². The molecule has 0 saturated heterocycles. The van der Waals surface area contributed by atoms with E-state index in [0.717, 1.165) is 12.1 Å². The Kier molecular flexibility index (Phi) is 8.62. The minimum Gasteiger partial charge on any atom is -0.491 e. The number of aliphatic hydroxyl groups is 1. The Morgan fingerprint density at radius 2 is 1.81 bits per heavy atom.